The average molecular weight is 267 g/mol. The molecule has 3 N–H and O–H groups in total. The molecule has 0 bridgehead atoms. The first-order valence-corrected chi connectivity index (χ1v) is 4.75. The van der Waals surface area contributed by atoms with Gasteiger partial charge in [0.25, 0.3) is 0 Å². The number of hydrogen-bond acceptors (Lipinski definition) is 4. The van der Waals surface area contributed by atoms with E-state index in [2.05, 4.69) is 21.2 Å². The van der Waals surface area contributed by atoms with Gasteiger partial charge in [-0.15, -0.1) is 0 Å². The monoisotopic (exact) mass is 266 g/mol. The van der Waals surface area contributed by atoms with Crippen molar-refractivity contribution in [3.63, 3.8) is 0 Å². The normalized spacial score (nSPS) is 21.9. The number of amides is 2. The Kier molecular flexibility index (Phi) is 4.33. The van der Waals surface area contributed by atoms with Gasteiger partial charge in [0.1, 0.15) is 6.73 Å². The molecule has 80 valence electrons. The molecule has 0 radical (unpaired) electrons. The van der Waals surface area contributed by atoms with Gasteiger partial charge in [0, 0.05) is 6.20 Å². The molecule has 1 aliphatic heterocycles. The molecule has 0 fully saturated rings. The highest BCUT2D eigenvalue weighted by atomic mass is 79.9. The van der Waals surface area contributed by atoms with Crippen LogP contribution in [0.15, 0.2) is 10.7 Å². The maximum atomic E-state index is 11.2. The van der Waals surface area contributed by atoms with Crippen LogP contribution in [0.25, 0.3) is 0 Å². The van der Waals surface area contributed by atoms with E-state index in [0.29, 0.717) is 4.48 Å². The van der Waals surface area contributed by atoms with Gasteiger partial charge in [0.2, 0.25) is 0 Å². The Morgan fingerprint density at radius 3 is 3.07 bits per heavy atom. The topological polar surface area (TPSA) is 82.0 Å². The number of carbonyl (C=O) groups excluding carboxylic acids is 1. The summed E-state index contributed by atoms with van der Waals surface area (Å²) in [5.74, 6) is 0. The Hall–Kier alpha value is -0.630. The lowest BCUT2D eigenvalue weighted by Crippen LogP contribution is -2.47. The van der Waals surface area contributed by atoms with Crippen LogP contribution in [0.5, 0.6) is 0 Å². The van der Waals surface area contributed by atoms with Crippen molar-refractivity contribution in [2.24, 2.45) is 0 Å². The molecule has 0 aromatic carbocycles. The third-order valence-corrected chi connectivity index (χ3v) is 2.17. The number of nitrogens with one attached hydrogen (secondary N) is 1. The molecule has 0 aliphatic carbocycles. The second-order valence-electron chi connectivity index (χ2n) is 2.60. The predicted octanol–water partition coefficient (Wildman–Crippen LogP) is -0.467. The molecule has 1 rings (SSSR count). The number of halogens is 1. The summed E-state index contributed by atoms with van der Waals surface area (Å²) >= 11 is 3.08. The number of carbonyl (C=O) groups is 1. The molecular formula is C7H11BrN2O4. The lowest BCUT2D eigenvalue weighted by molar-refractivity contribution is 0.0377. The van der Waals surface area contributed by atoms with E-state index >= 15 is 0 Å². The van der Waals surface area contributed by atoms with E-state index in [1.165, 1.54) is 11.1 Å². The molecule has 0 saturated heterocycles. The standard InChI is InChI=1S/C7H11BrN2O4/c8-5-3-10(4-14-2-1-11)7(13)9-6(5)12/h3,6,11-12H,1-2,4H2,(H,9,13). The molecular weight excluding hydrogens is 256 g/mol. The van der Waals surface area contributed by atoms with Crippen LogP contribution in [0, 0.1) is 0 Å². The van der Waals surface area contributed by atoms with E-state index in [1.54, 1.807) is 0 Å². The number of urea groups is 1. The third kappa shape index (κ3) is 2.95. The van der Waals surface area contributed by atoms with E-state index in [1.807, 2.05) is 0 Å². The van der Waals surface area contributed by atoms with Crippen molar-refractivity contribution in [2.45, 2.75) is 6.23 Å². The van der Waals surface area contributed by atoms with Crippen LogP contribution in [0.1, 0.15) is 0 Å². The van der Waals surface area contributed by atoms with Crippen LogP contribution < -0.4 is 5.32 Å². The molecule has 2 amide bonds. The highest BCUT2D eigenvalue weighted by Crippen LogP contribution is 2.15. The quantitative estimate of drug-likeness (QED) is 0.601. The lowest BCUT2D eigenvalue weighted by atomic mass is 10.4. The number of nitrogens with zero attached hydrogens (tertiary/aromatic N) is 1. The molecule has 1 heterocycles. The summed E-state index contributed by atoms with van der Waals surface area (Å²) in [5.41, 5.74) is 0. The van der Waals surface area contributed by atoms with E-state index in [0.717, 1.165) is 0 Å². The molecule has 0 aromatic heterocycles. The Balaban J connectivity index is 2.47. The maximum absolute atomic E-state index is 11.2. The molecule has 1 unspecified atom stereocenters. The second-order valence-corrected chi connectivity index (χ2v) is 3.51. The first kappa shape index (κ1) is 11.4. The van der Waals surface area contributed by atoms with Gasteiger partial charge in [-0.2, -0.15) is 0 Å². The minimum Gasteiger partial charge on any atom is -0.394 e. The van der Waals surface area contributed by atoms with Gasteiger partial charge >= 0.3 is 6.03 Å². The maximum Gasteiger partial charge on any atom is 0.325 e. The fraction of sp³-hybridized carbons (Fsp3) is 0.571. The number of aliphatic hydroxyl groups excluding tert-OH is 2. The molecule has 14 heavy (non-hydrogen) atoms. The highest BCUT2D eigenvalue weighted by Gasteiger charge is 2.23. The van der Waals surface area contributed by atoms with E-state index in [-0.39, 0.29) is 19.9 Å². The van der Waals surface area contributed by atoms with Gasteiger partial charge in [-0.1, -0.05) is 0 Å². The molecule has 7 heteroatoms. The van der Waals surface area contributed by atoms with Crippen molar-refractivity contribution in [3.8, 4) is 0 Å². The Morgan fingerprint density at radius 2 is 2.43 bits per heavy atom. The van der Waals surface area contributed by atoms with Crippen molar-refractivity contribution >= 4 is 22.0 Å². The number of rotatable bonds is 4. The van der Waals surface area contributed by atoms with Crippen molar-refractivity contribution in [1.29, 1.82) is 0 Å². The van der Waals surface area contributed by atoms with Gasteiger partial charge in [-0.3, -0.25) is 4.90 Å². The molecule has 0 aromatic rings. The van der Waals surface area contributed by atoms with Gasteiger partial charge in [0.15, 0.2) is 6.23 Å². The first-order chi connectivity index (χ1) is 6.65. The Bertz CT molecular complexity index is 246. The molecule has 6 nitrogen and oxygen atoms in total. The van der Waals surface area contributed by atoms with Gasteiger partial charge in [-0.25, -0.2) is 4.79 Å². The zero-order chi connectivity index (χ0) is 10.6. The molecule has 1 aliphatic rings. The Morgan fingerprint density at radius 1 is 1.71 bits per heavy atom. The number of hydrogen-bond donors (Lipinski definition) is 3. The first-order valence-electron chi connectivity index (χ1n) is 3.96. The molecule has 0 spiro atoms. The van der Waals surface area contributed by atoms with Crippen molar-refractivity contribution in [2.75, 3.05) is 19.9 Å². The minimum absolute atomic E-state index is 0.0359. The van der Waals surface area contributed by atoms with Gasteiger partial charge < -0.3 is 20.3 Å². The minimum atomic E-state index is -1.00. The molecule has 1 atom stereocenters. The fourth-order valence-electron chi connectivity index (χ4n) is 0.870. The number of ether oxygens (including phenoxy) is 1. The summed E-state index contributed by atoms with van der Waals surface area (Å²) in [6.07, 6.45) is 0.428. The van der Waals surface area contributed by atoms with E-state index in [9.17, 15) is 9.90 Å². The van der Waals surface area contributed by atoms with Crippen molar-refractivity contribution < 1.29 is 19.7 Å². The zero-order valence-corrected chi connectivity index (χ0v) is 8.90. The van der Waals surface area contributed by atoms with Crippen LogP contribution in [-0.2, 0) is 4.74 Å². The fourth-order valence-corrected chi connectivity index (χ4v) is 1.23. The Labute approximate surface area is 89.3 Å². The predicted molar refractivity (Wildman–Crippen MR) is 51.3 cm³/mol. The van der Waals surface area contributed by atoms with Crippen molar-refractivity contribution in [1.82, 2.24) is 10.2 Å². The summed E-state index contributed by atoms with van der Waals surface area (Å²) in [4.78, 5) is 12.4. The van der Waals surface area contributed by atoms with Crippen molar-refractivity contribution in [3.05, 3.63) is 10.7 Å². The largest absolute Gasteiger partial charge is 0.394 e. The van der Waals surface area contributed by atoms with Gasteiger partial charge in [-0.05, 0) is 15.9 Å². The lowest BCUT2D eigenvalue weighted by Gasteiger charge is -2.26. The van der Waals surface area contributed by atoms with Crippen LogP contribution >= 0.6 is 15.9 Å². The number of aliphatic hydroxyl groups is 2. The SMILES string of the molecule is O=C1NC(O)C(Br)=CN1COCCO. The van der Waals surface area contributed by atoms with Gasteiger partial charge in [0.05, 0.1) is 17.7 Å². The summed E-state index contributed by atoms with van der Waals surface area (Å²) in [6, 6.07) is -0.446. The van der Waals surface area contributed by atoms with Crippen LogP contribution in [0.2, 0.25) is 0 Å². The highest BCUT2D eigenvalue weighted by molar-refractivity contribution is 9.11. The van der Waals surface area contributed by atoms with Crippen LogP contribution in [0.3, 0.4) is 0 Å². The zero-order valence-electron chi connectivity index (χ0n) is 7.31. The second kappa shape index (κ2) is 5.30. The van der Waals surface area contributed by atoms with Crippen LogP contribution in [0.4, 0.5) is 4.79 Å². The summed E-state index contributed by atoms with van der Waals surface area (Å²) < 4.78 is 5.39. The third-order valence-electron chi connectivity index (χ3n) is 1.53. The molecule has 0 saturated carbocycles. The summed E-state index contributed by atoms with van der Waals surface area (Å²) in [5, 5.41) is 19.9. The summed E-state index contributed by atoms with van der Waals surface area (Å²) in [6.45, 7) is 0.106. The summed E-state index contributed by atoms with van der Waals surface area (Å²) in [7, 11) is 0. The smallest absolute Gasteiger partial charge is 0.325 e. The van der Waals surface area contributed by atoms with Crippen LogP contribution in [-0.4, -0.2) is 47.3 Å². The van der Waals surface area contributed by atoms with E-state index < -0.39 is 12.3 Å². The average Bonchev–Trinajstić information content (AvgIpc) is 2.14. The van der Waals surface area contributed by atoms with E-state index in [4.69, 9.17) is 9.84 Å².